The third-order valence-corrected chi connectivity index (χ3v) is 3.11. The van der Waals surface area contributed by atoms with E-state index in [1.54, 1.807) is 6.20 Å². The fourth-order valence-electron chi connectivity index (χ4n) is 1.77. The van der Waals surface area contributed by atoms with E-state index >= 15 is 0 Å². The van der Waals surface area contributed by atoms with Crippen molar-refractivity contribution >= 4 is 26.7 Å². The molecule has 2 aromatic carbocycles. The summed E-state index contributed by atoms with van der Waals surface area (Å²) in [7, 11) is 0. The predicted octanol–water partition coefficient (Wildman–Crippen LogP) is 4.79. The minimum absolute atomic E-state index is 0.591. The van der Waals surface area contributed by atoms with Crippen LogP contribution in [0.1, 0.15) is 0 Å². The lowest BCUT2D eigenvalue weighted by molar-refractivity contribution is 0.463. The number of nitrogens with zero attached hydrogens (tertiary/aromatic N) is 1. The summed E-state index contributed by atoms with van der Waals surface area (Å²) < 4.78 is 6.65. The number of hydrogen-bond acceptors (Lipinski definition) is 2. The molecule has 0 N–H and O–H groups in total. The Bertz CT molecular complexity index is 679. The number of halogens is 1. The molecule has 1 heterocycles. The van der Waals surface area contributed by atoms with Crippen LogP contribution in [-0.2, 0) is 0 Å². The van der Waals surface area contributed by atoms with Crippen LogP contribution in [0.25, 0.3) is 10.8 Å². The number of pyridine rings is 1. The van der Waals surface area contributed by atoms with Crippen LogP contribution in [0, 0.1) is 0 Å². The third kappa shape index (κ3) is 2.36. The van der Waals surface area contributed by atoms with Crippen molar-refractivity contribution in [3.8, 4) is 11.6 Å². The van der Waals surface area contributed by atoms with Gasteiger partial charge in [0.15, 0.2) is 0 Å². The summed E-state index contributed by atoms with van der Waals surface area (Å²) in [6.45, 7) is 0. The highest BCUT2D eigenvalue weighted by Crippen LogP contribution is 2.24. The molecule has 0 radical (unpaired) electrons. The lowest BCUT2D eigenvalue weighted by Gasteiger charge is -2.05. The van der Waals surface area contributed by atoms with Gasteiger partial charge in [0.1, 0.15) is 5.75 Å². The monoisotopic (exact) mass is 299 g/mol. The van der Waals surface area contributed by atoms with Gasteiger partial charge in [0.2, 0.25) is 5.88 Å². The molecule has 0 atom stereocenters. The van der Waals surface area contributed by atoms with Crippen LogP contribution in [0.3, 0.4) is 0 Å². The molecule has 0 fully saturated rings. The summed E-state index contributed by atoms with van der Waals surface area (Å²) in [5, 5.41) is 2.36. The van der Waals surface area contributed by atoms with Gasteiger partial charge in [0.25, 0.3) is 0 Å². The summed E-state index contributed by atoms with van der Waals surface area (Å²) in [4.78, 5) is 4.18. The first-order chi connectivity index (χ1) is 8.81. The summed E-state index contributed by atoms with van der Waals surface area (Å²) in [6, 6.07) is 17.9. The highest BCUT2D eigenvalue weighted by atomic mass is 79.9. The van der Waals surface area contributed by atoms with Gasteiger partial charge in [0.05, 0.1) is 0 Å². The second-order valence-corrected chi connectivity index (χ2v) is 4.84. The Morgan fingerprint density at radius 1 is 0.889 bits per heavy atom. The van der Waals surface area contributed by atoms with Crippen molar-refractivity contribution in [2.24, 2.45) is 0 Å². The predicted molar refractivity (Wildman–Crippen MR) is 76.0 cm³/mol. The van der Waals surface area contributed by atoms with Gasteiger partial charge >= 0.3 is 0 Å². The van der Waals surface area contributed by atoms with E-state index in [-0.39, 0.29) is 0 Å². The fourth-order valence-corrected chi connectivity index (χ4v) is 2.01. The maximum Gasteiger partial charge on any atom is 0.219 e. The molecule has 88 valence electrons. The van der Waals surface area contributed by atoms with Crippen molar-refractivity contribution in [2.45, 2.75) is 0 Å². The molecule has 0 spiro atoms. The summed E-state index contributed by atoms with van der Waals surface area (Å²) >= 11 is 3.35. The van der Waals surface area contributed by atoms with Gasteiger partial charge in [-0.3, -0.25) is 0 Å². The average molecular weight is 300 g/mol. The molecule has 18 heavy (non-hydrogen) atoms. The summed E-state index contributed by atoms with van der Waals surface area (Å²) in [5.74, 6) is 1.39. The van der Waals surface area contributed by atoms with Gasteiger partial charge in [-0.25, -0.2) is 4.98 Å². The van der Waals surface area contributed by atoms with E-state index in [0.717, 1.165) is 15.6 Å². The van der Waals surface area contributed by atoms with Gasteiger partial charge in [-0.2, -0.15) is 0 Å². The second kappa shape index (κ2) is 4.78. The largest absolute Gasteiger partial charge is 0.439 e. The number of hydrogen-bond donors (Lipinski definition) is 0. The van der Waals surface area contributed by atoms with E-state index in [1.165, 1.54) is 5.39 Å². The molecule has 0 aliphatic carbocycles. The molecular weight excluding hydrogens is 290 g/mol. The number of fused-ring (bicyclic) bond motifs is 1. The van der Waals surface area contributed by atoms with Crippen LogP contribution >= 0.6 is 15.9 Å². The van der Waals surface area contributed by atoms with Crippen molar-refractivity contribution in [1.29, 1.82) is 0 Å². The zero-order chi connectivity index (χ0) is 12.4. The molecule has 0 aliphatic heterocycles. The average Bonchev–Trinajstić information content (AvgIpc) is 2.41. The highest BCUT2D eigenvalue weighted by Gasteiger charge is 2.00. The first-order valence-electron chi connectivity index (χ1n) is 5.59. The molecule has 0 bridgehead atoms. The van der Waals surface area contributed by atoms with Crippen LogP contribution in [-0.4, -0.2) is 4.98 Å². The number of benzene rings is 2. The summed E-state index contributed by atoms with van der Waals surface area (Å²) in [6.07, 6.45) is 1.72. The Hall–Kier alpha value is -1.87. The quantitative estimate of drug-likeness (QED) is 0.679. The standard InChI is InChI=1S/C15H10BrNO/c16-13-6-8-15(17-10-13)18-14-7-5-11-3-1-2-4-12(11)9-14/h1-10H. The maximum atomic E-state index is 5.71. The molecule has 0 saturated heterocycles. The van der Waals surface area contributed by atoms with E-state index in [9.17, 15) is 0 Å². The van der Waals surface area contributed by atoms with Crippen molar-refractivity contribution in [3.63, 3.8) is 0 Å². The smallest absolute Gasteiger partial charge is 0.219 e. The van der Waals surface area contributed by atoms with Crippen molar-refractivity contribution in [1.82, 2.24) is 4.98 Å². The maximum absolute atomic E-state index is 5.71. The van der Waals surface area contributed by atoms with Gasteiger partial charge in [-0.1, -0.05) is 30.3 Å². The van der Waals surface area contributed by atoms with E-state index in [0.29, 0.717) is 5.88 Å². The highest BCUT2D eigenvalue weighted by molar-refractivity contribution is 9.10. The zero-order valence-electron chi connectivity index (χ0n) is 9.51. The number of aromatic nitrogens is 1. The Balaban J connectivity index is 1.92. The third-order valence-electron chi connectivity index (χ3n) is 2.64. The topological polar surface area (TPSA) is 22.1 Å². The molecule has 1 aromatic heterocycles. The summed E-state index contributed by atoms with van der Waals surface area (Å²) in [5.41, 5.74) is 0. The Morgan fingerprint density at radius 3 is 2.50 bits per heavy atom. The number of ether oxygens (including phenoxy) is 1. The lowest BCUT2D eigenvalue weighted by atomic mass is 10.1. The zero-order valence-corrected chi connectivity index (χ0v) is 11.1. The Kier molecular flexibility index (Phi) is 2.99. The van der Waals surface area contributed by atoms with E-state index in [4.69, 9.17) is 4.74 Å². The molecule has 3 rings (SSSR count). The van der Waals surface area contributed by atoms with E-state index in [1.807, 2.05) is 42.5 Å². The van der Waals surface area contributed by atoms with Crippen LogP contribution in [0.4, 0.5) is 0 Å². The van der Waals surface area contributed by atoms with Crippen molar-refractivity contribution in [3.05, 3.63) is 65.3 Å². The molecule has 0 aliphatic rings. The van der Waals surface area contributed by atoms with Crippen LogP contribution in [0.5, 0.6) is 11.6 Å². The molecule has 3 heteroatoms. The first kappa shape index (κ1) is 11.2. The lowest BCUT2D eigenvalue weighted by Crippen LogP contribution is -1.87. The first-order valence-corrected chi connectivity index (χ1v) is 6.39. The van der Waals surface area contributed by atoms with Crippen molar-refractivity contribution < 1.29 is 4.74 Å². The minimum Gasteiger partial charge on any atom is -0.439 e. The van der Waals surface area contributed by atoms with Crippen LogP contribution < -0.4 is 4.74 Å². The van der Waals surface area contributed by atoms with Gasteiger partial charge in [0, 0.05) is 16.7 Å². The molecule has 0 unspecified atom stereocenters. The van der Waals surface area contributed by atoms with Gasteiger partial charge in [-0.05, 0) is 44.9 Å². The molecule has 0 saturated carbocycles. The molecule has 2 nitrogen and oxygen atoms in total. The molecule has 0 amide bonds. The minimum atomic E-state index is 0.591. The number of rotatable bonds is 2. The van der Waals surface area contributed by atoms with Gasteiger partial charge < -0.3 is 4.74 Å². The van der Waals surface area contributed by atoms with Crippen molar-refractivity contribution in [2.75, 3.05) is 0 Å². The molecule has 3 aromatic rings. The second-order valence-electron chi connectivity index (χ2n) is 3.93. The Morgan fingerprint density at radius 2 is 1.72 bits per heavy atom. The Labute approximate surface area is 113 Å². The van der Waals surface area contributed by atoms with E-state index in [2.05, 4.69) is 33.0 Å². The van der Waals surface area contributed by atoms with Crippen LogP contribution in [0.15, 0.2) is 65.3 Å². The van der Waals surface area contributed by atoms with E-state index < -0.39 is 0 Å². The SMILES string of the molecule is Brc1ccc(Oc2ccc3ccccc3c2)nc1. The fraction of sp³-hybridized carbons (Fsp3) is 0. The van der Waals surface area contributed by atoms with Gasteiger partial charge in [-0.15, -0.1) is 0 Å². The molecular formula is C15H10BrNO. The normalized spacial score (nSPS) is 10.5. The van der Waals surface area contributed by atoms with Crippen LogP contribution in [0.2, 0.25) is 0 Å².